The van der Waals surface area contributed by atoms with E-state index in [2.05, 4.69) is 10.6 Å². The third-order valence-electron chi connectivity index (χ3n) is 4.86. The quantitative estimate of drug-likeness (QED) is 0.593. The second-order valence-electron chi connectivity index (χ2n) is 7.52. The van der Waals surface area contributed by atoms with Gasteiger partial charge in [0.05, 0.1) is 12.7 Å². The third-order valence-corrected chi connectivity index (χ3v) is 4.86. The van der Waals surface area contributed by atoms with Crippen molar-refractivity contribution in [2.75, 3.05) is 18.5 Å². The van der Waals surface area contributed by atoms with Crippen LogP contribution in [0.3, 0.4) is 0 Å². The van der Waals surface area contributed by atoms with Crippen molar-refractivity contribution in [3.63, 3.8) is 0 Å². The van der Waals surface area contributed by atoms with Crippen LogP contribution in [0.5, 0.6) is 0 Å². The lowest BCUT2D eigenvalue weighted by Crippen LogP contribution is -2.41. The Morgan fingerprint density at radius 1 is 1.26 bits per heavy atom. The molecule has 150 valence electrons. The van der Waals surface area contributed by atoms with E-state index in [-0.39, 0.29) is 18.1 Å². The van der Waals surface area contributed by atoms with Crippen LogP contribution in [0.15, 0.2) is 24.3 Å². The first-order chi connectivity index (χ1) is 12.8. The number of carbonyl (C=O) groups excluding carboxylic acids is 1. The Morgan fingerprint density at radius 2 is 1.96 bits per heavy atom. The summed E-state index contributed by atoms with van der Waals surface area (Å²) in [7, 11) is 0. The molecule has 8 heteroatoms. The number of hydrogen-bond donors (Lipinski definition) is 4. The van der Waals surface area contributed by atoms with Gasteiger partial charge in [0.15, 0.2) is 12.1 Å². The minimum Gasteiger partial charge on any atom is -0.394 e. The van der Waals surface area contributed by atoms with Gasteiger partial charge in [0.2, 0.25) is 0 Å². The predicted octanol–water partition coefficient (Wildman–Crippen LogP) is 1.35. The molecule has 5 atom stereocenters. The van der Waals surface area contributed by atoms with Crippen LogP contribution in [0.2, 0.25) is 0 Å². The highest BCUT2D eigenvalue weighted by Gasteiger charge is 2.55. The van der Waals surface area contributed by atoms with Crippen LogP contribution in [0.4, 0.5) is 10.5 Å². The number of aliphatic hydroxyl groups is 2. The molecular weight excluding hydrogens is 352 g/mol. The summed E-state index contributed by atoms with van der Waals surface area (Å²) < 4.78 is 17.4. The summed E-state index contributed by atoms with van der Waals surface area (Å²) in [5.41, 5.74) is 1.83. The van der Waals surface area contributed by atoms with Crippen LogP contribution in [0.25, 0.3) is 0 Å². The van der Waals surface area contributed by atoms with E-state index >= 15 is 0 Å². The summed E-state index contributed by atoms with van der Waals surface area (Å²) in [6.07, 6.45) is -2.06. The number of nitrogens with one attached hydrogen (secondary N) is 2. The summed E-state index contributed by atoms with van der Waals surface area (Å²) in [6.45, 7) is 5.54. The standard InChI is InChI=1S/C19H28N2O6/c1-11-4-6-12(7-5-11)21-18(24)20-9-8-13-15(14(23)10-22)25-17-16(13)26-19(2,3)27-17/h4-7,13-17,22-23H,8-10H2,1-3H3,(H2,20,21,24)/t13-,14?,15+,16-,17-/m1/s1. The molecule has 3 rings (SSSR count). The normalized spacial score (nSPS) is 30.0. The summed E-state index contributed by atoms with van der Waals surface area (Å²) in [4.78, 5) is 12.1. The van der Waals surface area contributed by atoms with Crippen molar-refractivity contribution in [3.05, 3.63) is 29.8 Å². The molecule has 1 aromatic rings. The fourth-order valence-electron chi connectivity index (χ4n) is 3.57. The van der Waals surface area contributed by atoms with E-state index in [0.29, 0.717) is 18.7 Å². The lowest BCUT2D eigenvalue weighted by atomic mass is 9.91. The number of anilines is 1. The maximum atomic E-state index is 12.1. The van der Waals surface area contributed by atoms with E-state index in [9.17, 15) is 15.0 Å². The van der Waals surface area contributed by atoms with Crippen molar-refractivity contribution in [1.82, 2.24) is 5.32 Å². The van der Waals surface area contributed by atoms with Crippen LogP contribution in [-0.2, 0) is 14.2 Å². The number of hydrogen-bond acceptors (Lipinski definition) is 6. The first-order valence-corrected chi connectivity index (χ1v) is 9.20. The van der Waals surface area contributed by atoms with Crippen molar-refractivity contribution < 1.29 is 29.2 Å². The molecule has 0 aromatic heterocycles. The molecule has 0 bridgehead atoms. The van der Waals surface area contributed by atoms with Crippen LogP contribution >= 0.6 is 0 Å². The van der Waals surface area contributed by atoms with Gasteiger partial charge in [-0.1, -0.05) is 17.7 Å². The van der Waals surface area contributed by atoms with Gasteiger partial charge in [0.25, 0.3) is 0 Å². The topological polar surface area (TPSA) is 109 Å². The molecule has 2 heterocycles. The van der Waals surface area contributed by atoms with Crippen molar-refractivity contribution in [2.45, 2.75) is 57.6 Å². The lowest BCUT2D eigenvalue weighted by Gasteiger charge is -2.28. The van der Waals surface area contributed by atoms with Crippen LogP contribution in [0.1, 0.15) is 25.8 Å². The number of carbonyl (C=O) groups is 1. The van der Waals surface area contributed by atoms with Gasteiger partial charge in [0, 0.05) is 18.2 Å². The molecule has 0 radical (unpaired) electrons. The first-order valence-electron chi connectivity index (χ1n) is 9.20. The molecule has 2 saturated heterocycles. The Kier molecular flexibility index (Phi) is 6.02. The molecule has 0 spiro atoms. The Hall–Kier alpha value is -1.71. The smallest absolute Gasteiger partial charge is 0.319 e. The number of urea groups is 1. The van der Waals surface area contributed by atoms with Crippen LogP contribution < -0.4 is 10.6 Å². The van der Waals surface area contributed by atoms with Gasteiger partial charge in [-0.3, -0.25) is 0 Å². The number of aryl methyl sites for hydroxylation is 1. The Balaban J connectivity index is 1.54. The highest BCUT2D eigenvalue weighted by atomic mass is 16.8. The number of fused-ring (bicyclic) bond motifs is 1. The van der Waals surface area contributed by atoms with E-state index in [1.807, 2.05) is 31.2 Å². The Bertz CT molecular complexity index is 650. The maximum Gasteiger partial charge on any atom is 0.319 e. The van der Waals surface area contributed by atoms with E-state index in [1.54, 1.807) is 13.8 Å². The third kappa shape index (κ3) is 4.77. The summed E-state index contributed by atoms with van der Waals surface area (Å²) in [5.74, 6) is -0.975. The maximum absolute atomic E-state index is 12.1. The lowest BCUT2D eigenvalue weighted by molar-refractivity contribution is -0.222. The van der Waals surface area contributed by atoms with Crippen molar-refractivity contribution in [1.29, 1.82) is 0 Å². The molecule has 0 aliphatic carbocycles. The van der Waals surface area contributed by atoms with Gasteiger partial charge in [-0.15, -0.1) is 0 Å². The molecule has 27 heavy (non-hydrogen) atoms. The highest BCUT2D eigenvalue weighted by molar-refractivity contribution is 5.89. The fourth-order valence-corrected chi connectivity index (χ4v) is 3.57. The molecular formula is C19H28N2O6. The SMILES string of the molecule is Cc1ccc(NC(=O)NCC[C@H]2[C@H]3OC(C)(C)O[C@H]3O[C@@H]2C(O)CO)cc1. The van der Waals surface area contributed by atoms with Gasteiger partial charge < -0.3 is 35.1 Å². The molecule has 2 fully saturated rings. The van der Waals surface area contributed by atoms with E-state index in [1.165, 1.54) is 0 Å². The summed E-state index contributed by atoms with van der Waals surface area (Å²) in [5, 5.41) is 24.9. The average Bonchev–Trinajstić information content (AvgIpc) is 3.08. The molecule has 8 nitrogen and oxygen atoms in total. The second-order valence-corrected chi connectivity index (χ2v) is 7.52. The number of rotatable bonds is 6. The largest absolute Gasteiger partial charge is 0.394 e. The van der Waals surface area contributed by atoms with E-state index in [0.717, 1.165) is 5.56 Å². The summed E-state index contributed by atoms with van der Waals surface area (Å²) >= 11 is 0. The zero-order valence-corrected chi connectivity index (χ0v) is 15.8. The molecule has 1 aromatic carbocycles. The van der Waals surface area contributed by atoms with Crippen LogP contribution in [-0.4, -0.2) is 59.8 Å². The molecule has 2 aliphatic heterocycles. The van der Waals surface area contributed by atoms with Crippen molar-refractivity contribution >= 4 is 11.7 Å². The number of ether oxygens (including phenoxy) is 3. The molecule has 2 aliphatic rings. The van der Waals surface area contributed by atoms with Crippen molar-refractivity contribution in [3.8, 4) is 0 Å². The molecule has 2 amide bonds. The number of benzene rings is 1. The zero-order chi connectivity index (χ0) is 19.6. The van der Waals surface area contributed by atoms with Gasteiger partial charge >= 0.3 is 6.03 Å². The number of aliphatic hydroxyl groups excluding tert-OH is 2. The molecule has 1 unspecified atom stereocenters. The monoisotopic (exact) mass is 380 g/mol. The van der Waals surface area contributed by atoms with Crippen molar-refractivity contribution in [2.24, 2.45) is 5.92 Å². The van der Waals surface area contributed by atoms with Gasteiger partial charge in [-0.2, -0.15) is 0 Å². The molecule has 0 saturated carbocycles. The Labute approximate surface area is 158 Å². The molecule has 4 N–H and O–H groups in total. The minimum atomic E-state index is -1.03. The second kappa shape index (κ2) is 8.12. The number of amides is 2. The minimum absolute atomic E-state index is 0.210. The average molecular weight is 380 g/mol. The summed E-state index contributed by atoms with van der Waals surface area (Å²) in [6, 6.07) is 7.21. The van der Waals surface area contributed by atoms with E-state index in [4.69, 9.17) is 14.2 Å². The zero-order valence-electron chi connectivity index (χ0n) is 15.8. The highest BCUT2D eigenvalue weighted by Crippen LogP contribution is 2.42. The first kappa shape index (κ1) is 20.0. The van der Waals surface area contributed by atoms with Gasteiger partial charge in [-0.25, -0.2) is 4.79 Å². The van der Waals surface area contributed by atoms with Gasteiger partial charge in [0.1, 0.15) is 12.2 Å². The van der Waals surface area contributed by atoms with E-state index < -0.39 is 30.9 Å². The van der Waals surface area contributed by atoms with Crippen LogP contribution in [0, 0.1) is 12.8 Å². The van der Waals surface area contributed by atoms with Gasteiger partial charge in [-0.05, 0) is 39.3 Å². The predicted molar refractivity (Wildman–Crippen MR) is 98.1 cm³/mol. The fraction of sp³-hybridized carbons (Fsp3) is 0.632. The Morgan fingerprint density at radius 3 is 2.63 bits per heavy atom.